The highest BCUT2D eigenvalue weighted by atomic mass is 32.1. The largest absolute Gasteiger partial charge is 0.383 e. The number of hydrogen-bond acceptors (Lipinski definition) is 2. The van der Waals surface area contributed by atoms with Crippen LogP contribution in [0.3, 0.4) is 0 Å². The van der Waals surface area contributed by atoms with Gasteiger partial charge < -0.3 is 15.0 Å². The zero-order chi connectivity index (χ0) is 12.0. The number of nitrogens with zero attached hydrogens (tertiary/aromatic N) is 1. The lowest BCUT2D eigenvalue weighted by atomic mass is 10.2. The molecule has 0 aliphatic rings. The summed E-state index contributed by atoms with van der Waals surface area (Å²) in [5.41, 5.74) is 2.33. The van der Waals surface area contributed by atoms with Gasteiger partial charge in [-0.15, -0.1) is 0 Å². The molecule has 3 nitrogen and oxygen atoms in total. The summed E-state index contributed by atoms with van der Waals surface area (Å²) in [6.45, 7) is 3.45. The molecule has 0 saturated carbocycles. The molecule has 16 heavy (non-hydrogen) atoms. The van der Waals surface area contributed by atoms with E-state index in [1.54, 1.807) is 7.11 Å². The Morgan fingerprint density at radius 3 is 2.56 bits per heavy atom. The van der Waals surface area contributed by atoms with Crippen LogP contribution in [0.1, 0.15) is 5.56 Å². The van der Waals surface area contributed by atoms with E-state index in [4.69, 9.17) is 17.0 Å². The molecular formula is C12H18N2OS. The molecule has 4 heteroatoms. The summed E-state index contributed by atoms with van der Waals surface area (Å²) in [6.07, 6.45) is 0. The number of anilines is 1. The molecule has 1 N–H and O–H groups in total. The van der Waals surface area contributed by atoms with E-state index in [9.17, 15) is 0 Å². The summed E-state index contributed by atoms with van der Waals surface area (Å²) in [6, 6.07) is 8.26. The van der Waals surface area contributed by atoms with Gasteiger partial charge in [-0.3, -0.25) is 0 Å². The van der Waals surface area contributed by atoms with Crippen LogP contribution in [0, 0.1) is 6.92 Å². The van der Waals surface area contributed by atoms with Gasteiger partial charge in [-0.05, 0) is 31.3 Å². The van der Waals surface area contributed by atoms with Crippen LogP contribution in [0.25, 0.3) is 0 Å². The number of thiocarbonyl (C=S) groups is 1. The van der Waals surface area contributed by atoms with Crippen molar-refractivity contribution in [2.75, 3.05) is 32.2 Å². The van der Waals surface area contributed by atoms with E-state index in [2.05, 4.69) is 36.5 Å². The Morgan fingerprint density at radius 2 is 2.00 bits per heavy atom. The van der Waals surface area contributed by atoms with Gasteiger partial charge in [-0.25, -0.2) is 0 Å². The molecule has 0 aliphatic heterocycles. The van der Waals surface area contributed by atoms with Crippen molar-refractivity contribution in [1.29, 1.82) is 0 Å². The van der Waals surface area contributed by atoms with E-state index in [1.807, 2.05) is 11.9 Å². The molecule has 0 amide bonds. The summed E-state index contributed by atoms with van der Waals surface area (Å²) >= 11 is 5.26. The van der Waals surface area contributed by atoms with Gasteiger partial charge in [0.05, 0.1) is 6.61 Å². The van der Waals surface area contributed by atoms with Crippen LogP contribution in [0.5, 0.6) is 0 Å². The molecule has 0 heterocycles. The summed E-state index contributed by atoms with van der Waals surface area (Å²) < 4.78 is 4.95. The van der Waals surface area contributed by atoms with Crippen molar-refractivity contribution in [3.63, 3.8) is 0 Å². The Labute approximate surface area is 102 Å². The van der Waals surface area contributed by atoms with Crippen molar-refractivity contribution in [2.45, 2.75) is 6.92 Å². The molecule has 1 aromatic rings. The Hall–Kier alpha value is -1.13. The van der Waals surface area contributed by atoms with E-state index in [1.165, 1.54) is 5.56 Å². The van der Waals surface area contributed by atoms with Crippen molar-refractivity contribution < 1.29 is 4.74 Å². The van der Waals surface area contributed by atoms with E-state index < -0.39 is 0 Å². The Kier molecular flexibility index (Phi) is 5.22. The third-order valence-electron chi connectivity index (χ3n) is 2.31. The second kappa shape index (κ2) is 6.45. The van der Waals surface area contributed by atoms with Gasteiger partial charge in [-0.2, -0.15) is 0 Å². The van der Waals surface area contributed by atoms with Crippen molar-refractivity contribution in [3.8, 4) is 0 Å². The molecule has 0 radical (unpaired) electrons. The number of aryl methyl sites for hydroxylation is 1. The lowest BCUT2D eigenvalue weighted by Crippen LogP contribution is -2.38. The summed E-state index contributed by atoms with van der Waals surface area (Å²) in [5.74, 6) is 0. The van der Waals surface area contributed by atoms with Crippen molar-refractivity contribution in [3.05, 3.63) is 29.8 Å². The molecule has 0 unspecified atom stereocenters. The average molecular weight is 238 g/mol. The molecule has 0 spiro atoms. The predicted molar refractivity (Wildman–Crippen MR) is 72.1 cm³/mol. The van der Waals surface area contributed by atoms with Crippen LogP contribution in [0.15, 0.2) is 24.3 Å². The molecule has 0 fully saturated rings. The van der Waals surface area contributed by atoms with Crippen LogP contribution < -0.4 is 10.2 Å². The average Bonchev–Trinajstić information content (AvgIpc) is 2.29. The fraction of sp³-hybridized carbons (Fsp3) is 0.417. The maximum atomic E-state index is 5.26. The van der Waals surface area contributed by atoms with Gasteiger partial charge in [0.2, 0.25) is 0 Å². The van der Waals surface area contributed by atoms with Gasteiger partial charge in [-0.1, -0.05) is 17.7 Å². The minimum Gasteiger partial charge on any atom is -0.383 e. The van der Waals surface area contributed by atoms with E-state index >= 15 is 0 Å². The molecule has 88 valence electrons. The van der Waals surface area contributed by atoms with Crippen LogP contribution in [0.2, 0.25) is 0 Å². The quantitative estimate of drug-likeness (QED) is 0.640. The fourth-order valence-corrected chi connectivity index (χ4v) is 1.47. The van der Waals surface area contributed by atoms with Gasteiger partial charge in [0.15, 0.2) is 5.11 Å². The third kappa shape index (κ3) is 3.79. The molecule has 1 aromatic carbocycles. The first-order valence-electron chi connectivity index (χ1n) is 5.22. The van der Waals surface area contributed by atoms with Gasteiger partial charge in [0, 0.05) is 26.4 Å². The Morgan fingerprint density at radius 1 is 1.38 bits per heavy atom. The third-order valence-corrected chi connectivity index (χ3v) is 2.73. The molecule has 0 atom stereocenters. The number of methoxy groups -OCH3 is 1. The second-order valence-corrected chi connectivity index (χ2v) is 4.01. The van der Waals surface area contributed by atoms with Crippen LogP contribution in [-0.2, 0) is 4.74 Å². The zero-order valence-corrected chi connectivity index (χ0v) is 10.8. The molecule has 1 rings (SSSR count). The molecule has 0 aromatic heterocycles. The Bertz CT molecular complexity index is 337. The summed E-state index contributed by atoms with van der Waals surface area (Å²) in [7, 11) is 3.63. The van der Waals surface area contributed by atoms with E-state index in [0.717, 1.165) is 12.2 Å². The normalized spacial score (nSPS) is 9.94. The van der Waals surface area contributed by atoms with Crippen molar-refractivity contribution in [1.82, 2.24) is 5.32 Å². The maximum Gasteiger partial charge on any atom is 0.173 e. The minimum atomic E-state index is 0.655. The molecule has 0 bridgehead atoms. The number of ether oxygens (including phenoxy) is 1. The highest BCUT2D eigenvalue weighted by Crippen LogP contribution is 2.13. The fourth-order valence-electron chi connectivity index (χ4n) is 1.26. The maximum absolute atomic E-state index is 5.26. The first-order valence-corrected chi connectivity index (χ1v) is 5.63. The first kappa shape index (κ1) is 12.9. The highest BCUT2D eigenvalue weighted by molar-refractivity contribution is 7.80. The summed E-state index contributed by atoms with van der Waals surface area (Å²) in [4.78, 5) is 1.95. The van der Waals surface area contributed by atoms with Gasteiger partial charge >= 0.3 is 0 Å². The SMILES string of the molecule is COCCNC(=S)N(C)c1ccc(C)cc1. The molecular weight excluding hydrogens is 220 g/mol. The lowest BCUT2D eigenvalue weighted by molar-refractivity contribution is 0.204. The highest BCUT2D eigenvalue weighted by Gasteiger charge is 2.05. The first-order chi connectivity index (χ1) is 7.65. The smallest absolute Gasteiger partial charge is 0.173 e. The summed E-state index contributed by atoms with van der Waals surface area (Å²) in [5, 5.41) is 3.84. The standard InChI is InChI=1S/C12H18N2OS/c1-10-4-6-11(7-5-10)14(2)12(16)13-8-9-15-3/h4-7H,8-9H2,1-3H3,(H,13,16). The number of benzene rings is 1. The predicted octanol–water partition coefficient (Wildman–Crippen LogP) is 1.95. The number of nitrogens with one attached hydrogen (secondary N) is 1. The number of hydrogen-bond donors (Lipinski definition) is 1. The van der Waals surface area contributed by atoms with Crippen LogP contribution in [-0.4, -0.2) is 32.4 Å². The van der Waals surface area contributed by atoms with Crippen molar-refractivity contribution >= 4 is 23.0 Å². The van der Waals surface area contributed by atoms with E-state index in [-0.39, 0.29) is 0 Å². The Balaban J connectivity index is 2.53. The minimum absolute atomic E-state index is 0.655. The second-order valence-electron chi connectivity index (χ2n) is 3.62. The van der Waals surface area contributed by atoms with E-state index in [0.29, 0.717) is 11.7 Å². The van der Waals surface area contributed by atoms with Gasteiger partial charge in [0.25, 0.3) is 0 Å². The monoisotopic (exact) mass is 238 g/mol. The van der Waals surface area contributed by atoms with Crippen molar-refractivity contribution in [2.24, 2.45) is 0 Å². The zero-order valence-electron chi connectivity index (χ0n) is 9.99. The molecule has 0 aliphatic carbocycles. The van der Waals surface area contributed by atoms with Gasteiger partial charge in [0.1, 0.15) is 0 Å². The van der Waals surface area contributed by atoms with Crippen LogP contribution in [0.4, 0.5) is 5.69 Å². The van der Waals surface area contributed by atoms with Crippen LogP contribution >= 0.6 is 12.2 Å². The number of rotatable bonds is 4. The molecule has 0 saturated heterocycles. The lowest BCUT2D eigenvalue weighted by Gasteiger charge is -2.21. The topological polar surface area (TPSA) is 24.5 Å².